The first-order valence-corrected chi connectivity index (χ1v) is 9.10. The number of carbonyl (C=O) groups is 1. The summed E-state index contributed by atoms with van der Waals surface area (Å²) in [6.07, 6.45) is 0. The summed E-state index contributed by atoms with van der Waals surface area (Å²) in [7, 11) is 0. The van der Waals surface area contributed by atoms with Gasteiger partial charge in [0.2, 0.25) is 11.8 Å². The number of hydrogen-bond donors (Lipinski definition) is 1. The van der Waals surface area contributed by atoms with E-state index in [1.165, 1.54) is 18.2 Å². The molecule has 0 saturated carbocycles. The number of thioether (sulfide) groups is 1. The zero-order valence-corrected chi connectivity index (χ0v) is 15.4. The fourth-order valence-electron chi connectivity index (χ4n) is 2.16. The van der Waals surface area contributed by atoms with E-state index in [1.807, 2.05) is 12.1 Å². The first-order chi connectivity index (χ1) is 13.0. The van der Waals surface area contributed by atoms with Crippen LogP contribution in [0.2, 0.25) is 5.02 Å². The van der Waals surface area contributed by atoms with Crippen LogP contribution >= 0.6 is 23.4 Å². The summed E-state index contributed by atoms with van der Waals surface area (Å²) in [5, 5.41) is 22.1. The van der Waals surface area contributed by atoms with Crippen LogP contribution in [0.4, 0.5) is 5.69 Å². The number of halogens is 1. The summed E-state index contributed by atoms with van der Waals surface area (Å²) in [6, 6.07) is 13.1. The standard InChI is InChI=1S/C17H13ClN4O4S/c18-13-5-1-3-11(7-13)9-19-15(23)10-27-17-21-20-16(26-17)12-4-2-6-14(8-12)22(24)25/h1-8H,9-10H2,(H,19,23). The molecular formula is C17H13ClN4O4S. The van der Waals surface area contributed by atoms with Gasteiger partial charge in [-0.1, -0.05) is 41.6 Å². The van der Waals surface area contributed by atoms with Crippen molar-refractivity contribution < 1.29 is 14.1 Å². The molecule has 0 fully saturated rings. The normalized spacial score (nSPS) is 10.6. The minimum atomic E-state index is -0.500. The molecule has 1 amide bonds. The number of nitro benzene ring substituents is 1. The lowest BCUT2D eigenvalue weighted by Crippen LogP contribution is -2.24. The predicted molar refractivity (Wildman–Crippen MR) is 100 cm³/mol. The van der Waals surface area contributed by atoms with Crippen molar-refractivity contribution in [1.82, 2.24) is 15.5 Å². The van der Waals surface area contributed by atoms with E-state index in [4.69, 9.17) is 16.0 Å². The zero-order valence-electron chi connectivity index (χ0n) is 13.8. The molecule has 8 nitrogen and oxygen atoms in total. The largest absolute Gasteiger partial charge is 0.411 e. The van der Waals surface area contributed by atoms with Crippen molar-refractivity contribution in [3.63, 3.8) is 0 Å². The second-order valence-electron chi connectivity index (χ2n) is 5.38. The van der Waals surface area contributed by atoms with Gasteiger partial charge in [-0.3, -0.25) is 14.9 Å². The molecule has 10 heteroatoms. The van der Waals surface area contributed by atoms with Crippen LogP contribution in [0.25, 0.3) is 11.5 Å². The van der Waals surface area contributed by atoms with Gasteiger partial charge in [0, 0.05) is 29.3 Å². The Bertz CT molecular complexity index is 979. The van der Waals surface area contributed by atoms with Crippen molar-refractivity contribution >= 4 is 35.0 Å². The highest BCUT2D eigenvalue weighted by molar-refractivity contribution is 7.99. The first kappa shape index (κ1) is 18.9. The van der Waals surface area contributed by atoms with Crippen molar-refractivity contribution in [2.24, 2.45) is 0 Å². The minimum Gasteiger partial charge on any atom is -0.411 e. The van der Waals surface area contributed by atoms with E-state index in [9.17, 15) is 14.9 Å². The molecule has 0 bridgehead atoms. The molecule has 0 aliphatic rings. The number of benzene rings is 2. The highest BCUT2D eigenvalue weighted by Gasteiger charge is 2.14. The third-order valence-corrected chi connectivity index (χ3v) is 4.47. The Hall–Kier alpha value is -2.91. The number of nitro groups is 1. The Balaban J connectivity index is 1.54. The van der Waals surface area contributed by atoms with Gasteiger partial charge < -0.3 is 9.73 Å². The van der Waals surface area contributed by atoms with Gasteiger partial charge in [-0.25, -0.2) is 0 Å². The fraction of sp³-hybridized carbons (Fsp3) is 0.118. The summed E-state index contributed by atoms with van der Waals surface area (Å²) >= 11 is 6.98. The molecule has 0 saturated heterocycles. The molecule has 27 heavy (non-hydrogen) atoms. The molecule has 0 aliphatic heterocycles. The van der Waals surface area contributed by atoms with Gasteiger partial charge in [-0.15, -0.1) is 10.2 Å². The van der Waals surface area contributed by atoms with Crippen molar-refractivity contribution in [3.8, 4) is 11.5 Å². The third kappa shape index (κ3) is 5.28. The van der Waals surface area contributed by atoms with Crippen LogP contribution in [-0.4, -0.2) is 26.8 Å². The molecule has 1 heterocycles. The first-order valence-electron chi connectivity index (χ1n) is 7.73. The number of nitrogens with zero attached hydrogens (tertiary/aromatic N) is 3. The summed E-state index contributed by atoms with van der Waals surface area (Å²) in [5.74, 6) is 0.0487. The summed E-state index contributed by atoms with van der Waals surface area (Å²) in [5.41, 5.74) is 1.26. The van der Waals surface area contributed by atoms with Crippen molar-refractivity contribution in [1.29, 1.82) is 0 Å². The topological polar surface area (TPSA) is 111 Å². The maximum absolute atomic E-state index is 11.9. The molecule has 0 radical (unpaired) electrons. The quantitative estimate of drug-likeness (QED) is 0.363. The Morgan fingerprint density at radius 3 is 2.81 bits per heavy atom. The van der Waals surface area contributed by atoms with Crippen LogP contribution in [0.15, 0.2) is 58.2 Å². The van der Waals surface area contributed by atoms with Crippen molar-refractivity contribution in [2.75, 3.05) is 5.75 Å². The fourth-order valence-corrected chi connectivity index (χ4v) is 2.97. The van der Waals surface area contributed by atoms with E-state index in [1.54, 1.807) is 18.2 Å². The second-order valence-corrected chi connectivity index (χ2v) is 6.74. The highest BCUT2D eigenvalue weighted by Crippen LogP contribution is 2.25. The molecule has 0 unspecified atom stereocenters. The van der Waals surface area contributed by atoms with E-state index in [2.05, 4.69) is 15.5 Å². The second kappa shape index (κ2) is 8.65. The predicted octanol–water partition coefficient (Wildman–Crippen LogP) is 3.71. The minimum absolute atomic E-state index is 0.0692. The molecule has 3 rings (SSSR count). The molecule has 0 aliphatic carbocycles. The summed E-state index contributed by atoms with van der Waals surface area (Å²) < 4.78 is 5.45. The van der Waals surface area contributed by atoms with Gasteiger partial charge in [0.25, 0.3) is 10.9 Å². The van der Waals surface area contributed by atoms with E-state index in [-0.39, 0.29) is 28.5 Å². The lowest BCUT2D eigenvalue weighted by molar-refractivity contribution is -0.384. The number of aromatic nitrogens is 2. The Kier molecular flexibility index (Phi) is 6.05. The molecule has 1 N–H and O–H groups in total. The molecule has 1 aromatic heterocycles. The van der Waals surface area contributed by atoms with Gasteiger partial charge in [-0.05, 0) is 23.8 Å². The average Bonchev–Trinajstić information content (AvgIpc) is 3.14. The van der Waals surface area contributed by atoms with E-state index >= 15 is 0 Å². The number of amides is 1. The van der Waals surface area contributed by atoms with Crippen LogP contribution in [0.5, 0.6) is 0 Å². The maximum atomic E-state index is 11.9. The van der Waals surface area contributed by atoms with Gasteiger partial charge in [0.15, 0.2) is 0 Å². The van der Waals surface area contributed by atoms with Gasteiger partial charge >= 0.3 is 0 Å². The molecule has 0 spiro atoms. The van der Waals surface area contributed by atoms with E-state index in [0.717, 1.165) is 17.3 Å². The van der Waals surface area contributed by atoms with Gasteiger partial charge in [-0.2, -0.15) is 0 Å². The maximum Gasteiger partial charge on any atom is 0.277 e. The lowest BCUT2D eigenvalue weighted by atomic mass is 10.2. The lowest BCUT2D eigenvalue weighted by Gasteiger charge is -2.04. The Morgan fingerprint density at radius 2 is 2.04 bits per heavy atom. The molecule has 3 aromatic rings. The molecule has 0 atom stereocenters. The number of rotatable bonds is 7. The zero-order chi connectivity index (χ0) is 19.2. The monoisotopic (exact) mass is 404 g/mol. The summed E-state index contributed by atoms with van der Waals surface area (Å²) in [4.78, 5) is 22.3. The number of non-ortho nitro benzene ring substituents is 1. The van der Waals surface area contributed by atoms with Crippen LogP contribution in [-0.2, 0) is 11.3 Å². The van der Waals surface area contributed by atoms with Crippen molar-refractivity contribution in [3.05, 3.63) is 69.2 Å². The van der Waals surface area contributed by atoms with E-state index in [0.29, 0.717) is 17.1 Å². The number of nitrogens with one attached hydrogen (secondary N) is 1. The van der Waals surface area contributed by atoms with Crippen molar-refractivity contribution in [2.45, 2.75) is 11.8 Å². The number of hydrogen-bond acceptors (Lipinski definition) is 7. The van der Waals surface area contributed by atoms with E-state index < -0.39 is 4.92 Å². The number of carbonyl (C=O) groups excluding carboxylic acids is 1. The van der Waals surface area contributed by atoms with Crippen LogP contribution in [0.1, 0.15) is 5.56 Å². The molecule has 2 aromatic carbocycles. The Morgan fingerprint density at radius 1 is 1.22 bits per heavy atom. The van der Waals surface area contributed by atoms with Crippen LogP contribution in [0, 0.1) is 10.1 Å². The SMILES string of the molecule is O=C(CSc1nnc(-c2cccc([N+](=O)[O-])c2)o1)NCc1cccc(Cl)c1. The van der Waals surface area contributed by atoms with Crippen LogP contribution < -0.4 is 5.32 Å². The van der Waals surface area contributed by atoms with Gasteiger partial charge in [0.05, 0.1) is 10.7 Å². The third-order valence-electron chi connectivity index (χ3n) is 3.42. The smallest absolute Gasteiger partial charge is 0.277 e. The Labute approximate surface area is 163 Å². The molecule has 138 valence electrons. The average molecular weight is 405 g/mol. The molecular weight excluding hydrogens is 392 g/mol. The van der Waals surface area contributed by atoms with Gasteiger partial charge in [0.1, 0.15) is 0 Å². The van der Waals surface area contributed by atoms with Crippen LogP contribution in [0.3, 0.4) is 0 Å². The highest BCUT2D eigenvalue weighted by atomic mass is 35.5. The summed E-state index contributed by atoms with van der Waals surface area (Å²) in [6.45, 7) is 0.364.